The van der Waals surface area contributed by atoms with Crippen molar-refractivity contribution in [2.45, 2.75) is 50.5 Å². The average Bonchev–Trinajstić information content (AvgIpc) is 3.43. The van der Waals surface area contributed by atoms with Crippen molar-refractivity contribution in [1.29, 1.82) is 0 Å². The first-order valence-corrected chi connectivity index (χ1v) is 11.2. The third kappa shape index (κ3) is 5.44. The molecule has 0 bridgehead atoms. The Bertz CT molecular complexity index is 642. The van der Waals surface area contributed by atoms with Crippen LogP contribution in [0, 0.1) is 0 Å². The summed E-state index contributed by atoms with van der Waals surface area (Å²) in [5.74, 6) is 1.11. The molecule has 1 unspecified atom stereocenters. The van der Waals surface area contributed by atoms with Crippen LogP contribution in [0.25, 0.3) is 0 Å². The molecule has 0 radical (unpaired) electrons. The molecule has 3 fully saturated rings. The fraction of sp³-hybridized carbons (Fsp3) is 0.696. The maximum atomic E-state index is 5.53. The zero-order valence-corrected chi connectivity index (χ0v) is 20.1. The van der Waals surface area contributed by atoms with Crippen LogP contribution < -0.4 is 5.32 Å². The number of rotatable bonds is 5. The summed E-state index contributed by atoms with van der Waals surface area (Å²) in [6.07, 6.45) is 6.40. The molecule has 0 amide bonds. The lowest BCUT2D eigenvalue weighted by atomic mass is 9.79. The normalized spacial score (nSPS) is 25.1. The maximum Gasteiger partial charge on any atom is 0.193 e. The molecule has 1 saturated carbocycles. The van der Waals surface area contributed by atoms with Crippen molar-refractivity contribution >= 4 is 29.9 Å². The van der Waals surface area contributed by atoms with Gasteiger partial charge in [-0.1, -0.05) is 43.2 Å². The van der Waals surface area contributed by atoms with Gasteiger partial charge in [0.1, 0.15) is 0 Å². The van der Waals surface area contributed by atoms with Gasteiger partial charge in [0.05, 0.1) is 19.8 Å². The lowest BCUT2D eigenvalue weighted by Gasteiger charge is -2.32. The average molecular weight is 512 g/mol. The van der Waals surface area contributed by atoms with Crippen LogP contribution in [-0.2, 0) is 10.2 Å². The van der Waals surface area contributed by atoms with Crippen molar-refractivity contribution in [3.63, 3.8) is 0 Å². The van der Waals surface area contributed by atoms with Gasteiger partial charge in [0.2, 0.25) is 0 Å². The Morgan fingerprint density at radius 2 is 1.86 bits per heavy atom. The second-order valence-corrected chi connectivity index (χ2v) is 8.56. The van der Waals surface area contributed by atoms with Crippen LogP contribution in [0.5, 0.6) is 0 Å². The molecular weight excluding hydrogens is 475 g/mol. The fourth-order valence-electron chi connectivity index (χ4n) is 5.21. The topological polar surface area (TPSA) is 40.1 Å². The molecule has 0 aromatic heterocycles. The molecule has 2 heterocycles. The Morgan fingerprint density at radius 1 is 1.14 bits per heavy atom. The smallest absolute Gasteiger partial charge is 0.193 e. The zero-order chi connectivity index (χ0) is 19.2. The molecule has 29 heavy (non-hydrogen) atoms. The van der Waals surface area contributed by atoms with Crippen molar-refractivity contribution in [2.24, 2.45) is 4.99 Å². The number of likely N-dealkylation sites (tertiary alicyclic amines) is 1. The van der Waals surface area contributed by atoms with Crippen LogP contribution in [0.1, 0.15) is 44.6 Å². The van der Waals surface area contributed by atoms with E-state index in [1.807, 2.05) is 0 Å². The number of nitrogens with one attached hydrogen (secondary N) is 1. The number of halogens is 1. The first-order valence-electron chi connectivity index (χ1n) is 11.2. The Balaban J connectivity index is 0.00000240. The number of ether oxygens (including phenoxy) is 1. The highest BCUT2D eigenvalue weighted by molar-refractivity contribution is 14.0. The fourth-order valence-corrected chi connectivity index (χ4v) is 5.21. The van der Waals surface area contributed by atoms with Crippen LogP contribution in [0.2, 0.25) is 0 Å². The van der Waals surface area contributed by atoms with Gasteiger partial charge in [0.25, 0.3) is 0 Å². The third-order valence-electron chi connectivity index (χ3n) is 6.84. The number of guanidine groups is 1. The molecule has 5 nitrogen and oxygen atoms in total. The van der Waals surface area contributed by atoms with Crippen LogP contribution in [0.3, 0.4) is 0 Å². The van der Waals surface area contributed by atoms with Crippen molar-refractivity contribution in [3.05, 3.63) is 35.9 Å². The molecule has 162 valence electrons. The SMILES string of the molecule is CCNC(=NCC1(c2ccccc2)CCCC1)N1CCC(N2CCOCC2)C1.I. The van der Waals surface area contributed by atoms with E-state index in [1.165, 1.54) is 37.7 Å². The van der Waals surface area contributed by atoms with Crippen LogP contribution in [-0.4, -0.2) is 74.3 Å². The molecule has 3 aliphatic rings. The van der Waals surface area contributed by atoms with Gasteiger partial charge >= 0.3 is 0 Å². The summed E-state index contributed by atoms with van der Waals surface area (Å²) >= 11 is 0. The molecule has 1 N–H and O–H groups in total. The summed E-state index contributed by atoms with van der Waals surface area (Å²) in [6, 6.07) is 11.7. The van der Waals surface area contributed by atoms with Crippen molar-refractivity contribution in [2.75, 3.05) is 52.5 Å². The zero-order valence-electron chi connectivity index (χ0n) is 17.8. The molecule has 1 aromatic rings. The number of morpholine rings is 1. The molecule has 1 atom stereocenters. The van der Waals surface area contributed by atoms with Crippen molar-refractivity contribution in [1.82, 2.24) is 15.1 Å². The minimum absolute atomic E-state index is 0. The van der Waals surface area contributed by atoms with Crippen molar-refractivity contribution < 1.29 is 4.74 Å². The van der Waals surface area contributed by atoms with Gasteiger partial charge in [-0.25, -0.2) is 0 Å². The first kappa shape index (κ1) is 22.8. The van der Waals surface area contributed by atoms with Gasteiger partial charge < -0.3 is 15.0 Å². The van der Waals surface area contributed by atoms with E-state index in [2.05, 4.69) is 52.4 Å². The monoisotopic (exact) mass is 512 g/mol. The molecule has 2 aliphatic heterocycles. The van der Waals surface area contributed by atoms with Crippen molar-refractivity contribution in [3.8, 4) is 0 Å². The lowest BCUT2D eigenvalue weighted by molar-refractivity contribution is 0.0195. The third-order valence-corrected chi connectivity index (χ3v) is 6.84. The largest absolute Gasteiger partial charge is 0.379 e. The van der Waals surface area contributed by atoms with Gasteiger partial charge in [-0.15, -0.1) is 24.0 Å². The maximum absolute atomic E-state index is 5.53. The van der Waals surface area contributed by atoms with E-state index in [4.69, 9.17) is 9.73 Å². The Labute approximate surface area is 193 Å². The van der Waals surface area contributed by atoms with E-state index < -0.39 is 0 Å². The summed E-state index contributed by atoms with van der Waals surface area (Å²) < 4.78 is 5.53. The van der Waals surface area contributed by atoms with E-state index in [1.54, 1.807) is 0 Å². The summed E-state index contributed by atoms with van der Waals surface area (Å²) in [6.45, 7) is 10.1. The predicted molar refractivity (Wildman–Crippen MR) is 130 cm³/mol. The quantitative estimate of drug-likeness (QED) is 0.373. The number of nitrogens with zero attached hydrogens (tertiary/aromatic N) is 3. The highest BCUT2D eigenvalue weighted by Gasteiger charge is 2.36. The summed E-state index contributed by atoms with van der Waals surface area (Å²) in [4.78, 5) is 10.3. The highest BCUT2D eigenvalue weighted by Crippen LogP contribution is 2.41. The summed E-state index contributed by atoms with van der Waals surface area (Å²) in [5, 5.41) is 3.57. The van der Waals surface area contributed by atoms with E-state index in [9.17, 15) is 0 Å². The highest BCUT2D eigenvalue weighted by atomic mass is 127. The minimum Gasteiger partial charge on any atom is -0.379 e. The summed E-state index contributed by atoms with van der Waals surface area (Å²) in [7, 11) is 0. The van der Waals surface area contributed by atoms with E-state index >= 15 is 0 Å². The Morgan fingerprint density at radius 3 is 2.55 bits per heavy atom. The second-order valence-electron chi connectivity index (χ2n) is 8.56. The second kappa shape index (κ2) is 11.0. The first-order chi connectivity index (χ1) is 13.8. The van der Waals surface area contributed by atoms with Gasteiger partial charge in [0, 0.05) is 44.2 Å². The van der Waals surface area contributed by atoms with E-state index in [0.29, 0.717) is 6.04 Å². The number of aliphatic imine (C=N–C) groups is 1. The Hall–Kier alpha value is -0.860. The summed E-state index contributed by atoms with van der Waals surface area (Å²) in [5.41, 5.74) is 1.70. The van der Waals surface area contributed by atoms with Gasteiger partial charge in [0.15, 0.2) is 5.96 Å². The molecule has 1 aliphatic carbocycles. The molecule has 2 saturated heterocycles. The molecule has 6 heteroatoms. The van der Waals surface area contributed by atoms with E-state index in [0.717, 1.165) is 58.4 Å². The molecule has 1 aromatic carbocycles. The molecule has 0 spiro atoms. The van der Waals surface area contributed by atoms with Gasteiger partial charge in [-0.3, -0.25) is 9.89 Å². The number of hydrogen-bond donors (Lipinski definition) is 1. The minimum atomic E-state index is 0. The number of hydrogen-bond acceptors (Lipinski definition) is 3. The van der Waals surface area contributed by atoms with Crippen LogP contribution in [0.4, 0.5) is 0 Å². The molecule has 4 rings (SSSR count). The van der Waals surface area contributed by atoms with Gasteiger partial charge in [-0.05, 0) is 31.7 Å². The lowest BCUT2D eigenvalue weighted by Crippen LogP contribution is -2.47. The number of benzene rings is 1. The van der Waals surface area contributed by atoms with Crippen LogP contribution >= 0.6 is 24.0 Å². The van der Waals surface area contributed by atoms with Crippen LogP contribution in [0.15, 0.2) is 35.3 Å². The predicted octanol–water partition coefficient (Wildman–Crippen LogP) is 3.49. The van der Waals surface area contributed by atoms with E-state index in [-0.39, 0.29) is 29.4 Å². The van der Waals surface area contributed by atoms with Gasteiger partial charge in [-0.2, -0.15) is 0 Å². The standard InChI is InChI=1S/C23H36N4O.HI/c1-2-24-22(27-13-10-21(18-27)26-14-16-28-17-15-26)25-19-23(11-6-7-12-23)20-8-4-3-5-9-20;/h3-5,8-9,21H,2,6-7,10-19H2,1H3,(H,24,25);1H. The molecular formula is C23H37IN4O. The Kier molecular flexibility index (Phi) is 8.62.